The molecular weight excluding hydrogens is 192 g/mol. The highest BCUT2D eigenvalue weighted by Crippen LogP contribution is 2.51. The highest BCUT2D eigenvalue weighted by atomic mass is 16.3. The predicted octanol–water partition coefficient (Wildman–Crippen LogP) is -0.282. The Bertz CT molecular complexity index is 379. The summed E-state index contributed by atoms with van der Waals surface area (Å²) in [6.45, 7) is 0. The maximum absolute atomic E-state index is 10.9. The topological polar surface area (TPSA) is 89.3 Å². The van der Waals surface area contributed by atoms with Gasteiger partial charge in [0.2, 0.25) is 5.91 Å². The molecule has 1 fully saturated rings. The standard InChI is InChI=1S/C11H14N2O2/c12-10(15)9(14)11(13)6-8(11)7-4-2-1-3-5-7/h1-5,8-9,14H,6,13H2,(H2,12,15). The fourth-order valence-electron chi connectivity index (χ4n) is 1.98. The number of aliphatic hydroxyl groups excluding tert-OH is 1. The molecule has 1 aromatic rings. The zero-order valence-corrected chi connectivity index (χ0v) is 8.26. The first-order chi connectivity index (χ1) is 7.05. The van der Waals surface area contributed by atoms with E-state index in [0.717, 1.165) is 5.56 Å². The van der Waals surface area contributed by atoms with Crippen molar-refractivity contribution in [2.45, 2.75) is 24.0 Å². The van der Waals surface area contributed by atoms with Crippen LogP contribution in [0.5, 0.6) is 0 Å². The predicted molar refractivity (Wildman–Crippen MR) is 55.9 cm³/mol. The van der Waals surface area contributed by atoms with Crippen LogP contribution in [0.25, 0.3) is 0 Å². The first-order valence-electron chi connectivity index (χ1n) is 4.87. The lowest BCUT2D eigenvalue weighted by Gasteiger charge is -2.16. The SMILES string of the molecule is NC(=O)C(O)C1(N)CC1c1ccccc1. The van der Waals surface area contributed by atoms with Crippen LogP contribution in [0, 0.1) is 0 Å². The number of hydrogen-bond acceptors (Lipinski definition) is 3. The summed E-state index contributed by atoms with van der Waals surface area (Å²) >= 11 is 0. The van der Waals surface area contributed by atoms with Gasteiger partial charge in [-0.15, -0.1) is 0 Å². The number of carbonyl (C=O) groups excluding carboxylic acids is 1. The van der Waals surface area contributed by atoms with E-state index < -0.39 is 17.6 Å². The molecule has 1 aromatic carbocycles. The van der Waals surface area contributed by atoms with Crippen LogP contribution < -0.4 is 11.5 Å². The van der Waals surface area contributed by atoms with Gasteiger partial charge in [-0.05, 0) is 12.0 Å². The Kier molecular flexibility index (Phi) is 2.25. The molecule has 1 saturated carbocycles. The molecule has 0 saturated heterocycles. The summed E-state index contributed by atoms with van der Waals surface area (Å²) in [6, 6.07) is 9.60. The lowest BCUT2D eigenvalue weighted by atomic mass is 10.0. The molecule has 4 heteroatoms. The van der Waals surface area contributed by atoms with Crippen LogP contribution >= 0.6 is 0 Å². The van der Waals surface area contributed by atoms with E-state index in [4.69, 9.17) is 11.5 Å². The molecule has 5 N–H and O–H groups in total. The second-order valence-electron chi connectivity index (χ2n) is 4.08. The molecule has 0 heterocycles. The molecule has 2 rings (SSSR count). The van der Waals surface area contributed by atoms with Crippen molar-refractivity contribution < 1.29 is 9.90 Å². The third-order valence-electron chi connectivity index (χ3n) is 3.03. The van der Waals surface area contributed by atoms with Gasteiger partial charge in [0, 0.05) is 5.92 Å². The summed E-state index contributed by atoms with van der Waals surface area (Å²) in [7, 11) is 0. The minimum Gasteiger partial charge on any atom is -0.381 e. The van der Waals surface area contributed by atoms with Crippen LogP contribution in [0.1, 0.15) is 17.9 Å². The first-order valence-corrected chi connectivity index (χ1v) is 4.87. The Hall–Kier alpha value is -1.39. The summed E-state index contributed by atoms with van der Waals surface area (Å²) in [5.74, 6) is -0.725. The minimum atomic E-state index is -1.26. The Morgan fingerprint density at radius 3 is 2.60 bits per heavy atom. The van der Waals surface area contributed by atoms with Crippen molar-refractivity contribution in [3.8, 4) is 0 Å². The zero-order valence-electron chi connectivity index (χ0n) is 8.26. The number of aliphatic hydroxyl groups is 1. The van der Waals surface area contributed by atoms with Gasteiger partial charge in [-0.2, -0.15) is 0 Å². The summed E-state index contributed by atoms with van der Waals surface area (Å²) in [6.07, 6.45) is -0.663. The number of nitrogens with two attached hydrogens (primary N) is 2. The van der Waals surface area contributed by atoms with E-state index in [-0.39, 0.29) is 5.92 Å². The molecular formula is C11H14N2O2. The van der Waals surface area contributed by atoms with Crippen molar-refractivity contribution in [2.24, 2.45) is 11.5 Å². The van der Waals surface area contributed by atoms with Crippen LogP contribution in [0.2, 0.25) is 0 Å². The lowest BCUT2D eigenvalue weighted by Crippen LogP contribution is -2.47. The first kappa shape index (κ1) is 10.1. The highest BCUT2D eigenvalue weighted by molar-refractivity contribution is 5.81. The molecule has 3 unspecified atom stereocenters. The number of carbonyl (C=O) groups is 1. The lowest BCUT2D eigenvalue weighted by molar-refractivity contribution is -0.127. The van der Waals surface area contributed by atoms with Gasteiger partial charge in [0.25, 0.3) is 0 Å². The molecule has 0 aromatic heterocycles. The van der Waals surface area contributed by atoms with Crippen LogP contribution in [-0.2, 0) is 4.79 Å². The summed E-state index contributed by atoms with van der Waals surface area (Å²) in [4.78, 5) is 10.9. The van der Waals surface area contributed by atoms with Crippen molar-refractivity contribution >= 4 is 5.91 Å². The third kappa shape index (κ3) is 1.62. The highest BCUT2D eigenvalue weighted by Gasteiger charge is 2.58. The molecule has 1 aliphatic carbocycles. The molecule has 80 valence electrons. The normalized spacial score (nSPS) is 30.9. The Labute approximate surface area is 87.9 Å². The van der Waals surface area contributed by atoms with Crippen molar-refractivity contribution in [3.05, 3.63) is 35.9 Å². The van der Waals surface area contributed by atoms with Gasteiger partial charge >= 0.3 is 0 Å². The summed E-state index contributed by atoms with van der Waals surface area (Å²) < 4.78 is 0. The van der Waals surface area contributed by atoms with E-state index in [1.165, 1.54) is 0 Å². The number of rotatable bonds is 3. The monoisotopic (exact) mass is 206 g/mol. The average molecular weight is 206 g/mol. The Morgan fingerprint density at radius 1 is 1.47 bits per heavy atom. The van der Waals surface area contributed by atoms with Crippen molar-refractivity contribution in [3.63, 3.8) is 0 Å². The van der Waals surface area contributed by atoms with Gasteiger partial charge < -0.3 is 16.6 Å². The zero-order chi connectivity index (χ0) is 11.1. The number of amides is 1. The van der Waals surface area contributed by atoms with Crippen molar-refractivity contribution in [1.29, 1.82) is 0 Å². The summed E-state index contributed by atoms with van der Waals surface area (Å²) in [5.41, 5.74) is 11.1. The van der Waals surface area contributed by atoms with Gasteiger partial charge in [-0.1, -0.05) is 30.3 Å². The van der Waals surface area contributed by atoms with Crippen LogP contribution in [0.4, 0.5) is 0 Å². The van der Waals surface area contributed by atoms with E-state index >= 15 is 0 Å². The molecule has 1 amide bonds. The maximum Gasteiger partial charge on any atom is 0.248 e. The van der Waals surface area contributed by atoms with E-state index in [0.29, 0.717) is 6.42 Å². The number of benzene rings is 1. The van der Waals surface area contributed by atoms with Crippen LogP contribution in [-0.4, -0.2) is 22.7 Å². The van der Waals surface area contributed by atoms with E-state index in [2.05, 4.69) is 0 Å². The quantitative estimate of drug-likeness (QED) is 0.635. The molecule has 0 spiro atoms. The molecule has 0 bridgehead atoms. The maximum atomic E-state index is 10.9. The van der Waals surface area contributed by atoms with Gasteiger partial charge in [-0.3, -0.25) is 4.79 Å². The fraction of sp³-hybridized carbons (Fsp3) is 0.364. The van der Waals surface area contributed by atoms with Gasteiger partial charge in [0.1, 0.15) is 0 Å². The Balaban J connectivity index is 2.16. The molecule has 0 radical (unpaired) electrons. The molecule has 1 aliphatic rings. The van der Waals surface area contributed by atoms with Crippen molar-refractivity contribution in [1.82, 2.24) is 0 Å². The smallest absolute Gasteiger partial charge is 0.248 e. The molecule has 4 nitrogen and oxygen atoms in total. The number of primary amides is 1. The van der Waals surface area contributed by atoms with E-state index in [9.17, 15) is 9.90 Å². The van der Waals surface area contributed by atoms with Crippen LogP contribution in [0.15, 0.2) is 30.3 Å². The van der Waals surface area contributed by atoms with Gasteiger partial charge in [-0.25, -0.2) is 0 Å². The average Bonchev–Trinajstić information content (AvgIpc) is 2.92. The second kappa shape index (κ2) is 3.32. The number of hydrogen-bond donors (Lipinski definition) is 3. The van der Waals surface area contributed by atoms with Gasteiger partial charge in [0.15, 0.2) is 6.10 Å². The minimum absolute atomic E-state index is 0.0289. The van der Waals surface area contributed by atoms with E-state index in [1.54, 1.807) is 0 Å². The van der Waals surface area contributed by atoms with Crippen molar-refractivity contribution in [2.75, 3.05) is 0 Å². The molecule has 15 heavy (non-hydrogen) atoms. The third-order valence-corrected chi connectivity index (χ3v) is 3.03. The largest absolute Gasteiger partial charge is 0.381 e. The van der Waals surface area contributed by atoms with Gasteiger partial charge in [0.05, 0.1) is 5.54 Å². The summed E-state index contributed by atoms with van der Waals surface area (Å²) in [5, 5.41) is 9.56. The molecule has 3 atom stereocenters. The Morgan fingerprint density at radius 2 is 2.07 bits per heavy atom. The molecule has 0 aliphatic heterocycles. The fourth-order valence-corrected chi connectivity index (χ4v) is 1.98. The second-order valence-corrected chi connectivity index (χ2v) is 4.08. The van der Waals surface area contributed by atoms with E-state index in [1.807, 2.05) is 30.3 Å². The van der Waals surface area contributed by atoms with Crippen LogP contribution in [0.3, 0.4) is 0 Å².